The predicted octanol–water partition coefficient (Wildman–Crippen LogP) is 4.21. The molecule has 0 aliphatic heterocycles. The van der Waals surface area contributed by atoms with Crippen molar-refractivity contribution >= 4 is 28.5 Å². The molecule has 0 fully saturated rings. The van der Waals surface area contributed by atoms with E-state index in [0.717, 1.165) is 33.0 Å². The summed E-state index contributed by atoms with van der Waals surface area (Å²) in [4.78, 5) is 21.4. The molecule has 25 heavy (non-hydrogen) atoms. The molecule has 0 saturated heterocycles. The Balaban J connectivity index is 1.82. The Kier molecular flexibility index (Phi) is 3.82. The second kappa shape index (κ2) is 6.14. The number of fused-ring (bicyclic) bond motifs is 1. The highest BCUT2D eigenvalue weighted by molar-refractivity contribution is 7.13. The van der Waals surface area contributed by atoms with Gasteiger partial charge in [0.1, 0.15) is 5.52 Å². The molecule has 0 spiro atoms. The molecule has 5 nitrogen and oxygen atoms in total. The quantitative estimate of drug-likeness (QED) is 0.599. The van der Waals surface area contributed by atoms with E-state index < -0.39 is 5.97 Å². The molecule has 4 rings (SSSR count). The van der Waals surface area contributed by atoms with Crippen molar-refractivity contribution in [1.29, 1.82) is 0 Å². The summed E-state index contributed by atoms with van der Waals surface area (Å²) in [5, 5.41) is 11.1. The molecule has 1 aromatic carbocycles. The van der Waals surface area contributed by atoms with Crippen LogP contribution in [0, 0.1) is 6.92 Å². The van der Waals surface area contributed by atoms with Crippen LogP contribution in [-0.2, 0) is 6.54 Å². The number of rotatable bonds is 4. The van der Waals surface area contributed by atoms with E-state index in [0.29, 0.717) is 6.54 Å². The van der Waals surface area contributed by atoms with Gasteiger partial charge in [-0.2, -0.15) is 0 Å². The minimum atomic E-state index is -0.920. The Morgan fingerprint density at radius 1 is 1.24 bits per heavy atom. The molecule has 3 aromatic heterocycles. The lowest BCUT2D eigenvalue weighted by Gasteiger charge is -2.08. The lowest BCUT2D eigenvalue weighted by Crippen LogP contribution is -2.03. The van der Waals surface area contributed by atoms with E-state index in [1.807, 2.05) is 48.8 Å². The molecule has 0 saturated carbocycles. The normalized spacial score (nSPS) is 11.1. The van der Waals surface area contributed by atoms with Crippen molar-refractivity contribution in [3.05, 3.63) is 70.7 Å². The molecule has 0 atom stereocenters. The zero-order valence-corrected chi connectivity index (χ0v) is 14.3. The van der Waals surface area contributed by atoms with Crippen molar-refractivity contribution in [3.8, 4) is 10.7 Å². The highest BCUT2D eigenvalue weighted by atomic mass is 32.1. The van der Waals surface area contributed by atoms with Crippen LogP contribution in [0.5, 0.6) is 0 Å². The molecule has 124 valence electrons. The van der Waals surface area contributed by atoms with Crippen LogP contribution in [0.25, 0.3) is 21.9 Å². The lowest BCUT2D eigenvalue weighted by molar-refractivity contribution is 0.0697. The fraction of sp³-hybridized carbons (Fsp3) is 0.105. The van der Waals surface area contributed by atoms with E-state index in [2.05, 4.69) is 9.55 Å². The fourth-order valence-corrected chi connectivity index (χ4v) is 3.51. The van der Waals surface area contributed by atoms with Gasteiger partial charge < -0.3 is 9.67 Å². The van der Waals surface area contributed by atoms with Crippen molar-refractivity contribution in [1.82, 2.24) is 14.5 Å². The molecular formula is C19H15N3O2S. The summed E-state index contributed by atoms with van der Waals surface area (Å²) < 4.78 is 2.08. The van der Waals surface area contributed by atoms with Crippen LogP contribution in [0.2, 0.25) is 0 Å². The second-order valence-corrected chi connectivity index (χ2v) is 6.80. The van der Waals surface area contributed by atoms with Gasteiger partial charge in [0.25, 0.3) is 0 Å². The number of pyridine rings is 1. The third-order valence-electron chi connectivity index (χ3n) is 4.00. The van der Waals surface area contributed by atoms with Crippen LogP contribution in [0.4, 0.5) is 0 Å². The number of hydrogen-bond donors (Lipinski definition) is 1. The SMILES string of the molecule is Cc1cnc2c(c1)nc(-c1cccs1)n2Cc1ccc(C(=O)O)cc1. The number of imidazole rings is 1. The summed E-state index contributed by atoms with van der Waals surface area (Å²) in [7, 11) is 0. The largest absolute Gasteiger partial charge is 0.478 e. The van der Waals surface area contributed by atoms with Gasteiger partial charge in [-0.1, -0.05) is 18.2 Å². The molecule has 0 bridgehead atoms. The molecular weight excluding hydrogens is 334 g/mol. The summed E-state index contributed by atoms with van der Waals surface area (Å²) in [6.07, 6.45) is 1.84. The number of nitrogens with zero attached hydrogens (tertiary/aromatic N) is 3. The Labute approximate surface area is 148 Å². The number of carboxylic acid groups (broad SMARTS) is 1. The Morgan fingerprint density at radius 2 is 2.04 bits per heavy atom. The maximum Gasteiger partial charge on any atom is 0.335 e. The summed E-state index contributed by atoms with van der Waals surface area (Å²) in [6.45, 7) is 2.58. The van der Waals surface area contributed by atoms with E-state index in [4.69, 9.17) is 10.1 Å². The van der Waals surface area contributed by atoms with E-state index in [9.17, 15) is 4.79 Å². The highest BCUT2D eigenvalue weighted by Crippen LogP contribution is 2.28. The van der Waals surface area contributed by atoms with Gasteiger partial charge in [0, 0.05) is 6.20 Å². The Hall–Kier alpha value is -2.99. The first kappa shape index (κ1) is 15.5. The summed E-state index contributed by atoms with van der Waals surface area (Å²) in [5.41, 5.74) is 4.05. The predicted molar refractivity (Wildman–Crippen MR) is 98.1 cm³/mol. The maximum atomic E-state index is 11.0. The Morgan fingerprint density at radius 3 is 2.72 bits per heavy atom. The number of aromatic nitrogens is 3. The number of aromatic carboxylic acids is 1. The van der Waals surface area contributed by atoms with Gasteiger partial charge in [0.15, 0.2) is 11.5 Å². The Bertz CT molecular complexity index is 1050. The number of thiophene rings is 1. The molecule has 3 heterocycles. The monoisotopic (exact) mass is 349 g/mol. The van der Waals surface area contributed by atoms with Gasteiger partial charge in [-0.15, -0.1) is 11.3 Å². The van der Waals surface area contributed by atoms with Crippen molar-refractivity contribution in [2.45, 2.75) is 13.5 Å². The third kappa shape index (κ3) is 2.92. The molecule has 0 unspecified atom stereocenters. The topological polar surface area (TPSA) is 68.0 Å². The van der Waals surface area contributed by atoms with Gasteiger partial charge in [0.2, 0.25) is 0 Å². The minimum Gasteiger partial charge on any atom is -0.478 e. The molecule has 0 radical (unpaired) electrons. The number of carboxylic acids is 1. The van der Waals surface area contributed by atoms with Crippen molar-refractivity contribution in [2.75, 3.05) is 0 Å². The van der Waals surface area contributed by atoms with Gasteiger partial charge >= 0.3 is 5.97 Å². The minimum absolute atomic E-state index is 0.284. The van der Waals surface area contributed by atoms with Crippen molar-refractivity contribution < 1.29 is 9.90 Å². The number of benzene rings is 1. The van der Waals surface area contributed by atoms with Crippen LogP contribution >= 0.6 is 11.3 Å². The first-order valence-electron chi connectivity index (χ1n) is 7.81. The van der Waals surface area contributed by atoms with Crippen LogP contribution in [0.3, 0.4) is 0 Å². The van der Waals surface area contributed by atoms with Crippen LogP contribution in [-0.4, -0.2) is 25.6 Å². The van der Waals surface area contributed by atoms with E-state index in [-0.39, 0.29) is 5.56 Å². The summed E-state index contributed by atoms with van der Waals surface area (Å²) in [6, 6.07) is 13.0. The molecule has 1 N–H and O–H groups in total. The average Bonchev–Trinajstić information content (AvgIpc) is 3.23. The first-order valence-corrected chi connectivity index (χ1v) is 8.69. The summed E-state index contributed by atoms with van der Waals surface area (Å²) in [5.74, 6) is -0.0403. The zero-order chi connectivity index (χ0) is 17.4. The number of carbonyl (C=O) groups is 1. The van der Waals surface area contributed by atoms with Crippen LogP contribution < -0.4 is 0 Å². The lowest BCUT2D eigenvalue weighted by atomic mass is 10.1. The van der Waals surface area contributed by atoms with Gasteiger partial charge in [-0.25, -0.2) is 14.8 Å². The number of hydrogen-bond acceptors (Lipinski definition) is 4. The zero-order valence-electron chi connectivity index (χ0n) is 13.5. The molecule has 4 aromatic rings. The van der Waals surface area contributed by atoms with Gasteiger partial charge in [-0.3, -0.25) is 0 Å². The van der Waals surface area contributed by atoms with Gasteiger partial charge in [0.05, 0.1) is 17.0 Å². The maximum absolute atomic E-state index is 11.0. The molecule has 0 amide bonds. The number of aryl methyl sites for hydroxylation is 1. The fourth-order valence-electron chi connectivity index (χ4n) is 2.79. The second-order valence-electron chi connectivity index (χ2n) is 5.86. The van der Waals surface area contributed by atoms with Crippen LogP contribution in [0.15, 0.2) is 54.0 Å². The van der Waals surface area contributed by atoms with E-state index in [1.54, 1.807) is 23.5 Å². The van der Waals surface area contributed by atoms with Gasteiger partial charge in [-0.05, 0) is 47.7 Å². The standard InChI is InChI=1S/C19H15N3O2S/c1-12-9-15-17(20-10-12)22(18(21-15)16-3-2-8-25-16)11-13-4-6-14(7-5-13)19(23)24/h2-10H,11H2,1H3,(H,23,24). The van der Waals surface area contributed by atoms with Crippen LogP contribution in [0.1, 0.15) is 21.5 Å². The first-order chi connectivity index (χ1) is 12.1. The summed E-state index contributed by atoms with van der Waals surface area (Å²) >= 11 is 1.64. The molecule has 0 aliphatic rings. The molecule has 6 heteroatoms. The smallest absolute Gasteiger partial charge is 0.335 e. The van der Waals surface area contributed by atoms with E-state index >= 15 is 0 Å². The van der Waals surface area contributed by atoms with Crippen molar-refractivity contribution in [3.63, 3.8) is 0 Å². The third-order valence-corrected chi connectivity index (χ3v) is 4.87. The average molecular weight is 349 g/mol. The molecule has 0 aliphatic carbocycles. The highest BCUT2D eigenvalue weighted by Gasteiger charge is 2.15. The van der Waals surface area contributed by atoms with Crippen molar-refractivity contribution in [2.24, 2.45) is 0 Å². The van der Waals surface area contributed by atoms with E-state index in [1.165, 1.54) is 0 Å².